The maximum absolute atomic E-state index is 13.0. The molecule has 0 bridgehead atoms. The summed E-state index contributed by atoms with van der Waals surface area (Å²) in [5, 5.41) is 8.17. The Bertz CT molecular complexity index is 1370. The number of para-hydroxylation sites is 2. The number of carbonyl (C=O) groups is 3. The number of benzene rings is 1. The molecule has 12 nitrogen and oxygen atoms in total. The van der Waals surface area contributed by atoms with Gasteiger partial charge in [0.25, 0.3) is 0 Å². The number of likely N-dealkylation sites (tertiary alicyclic amines) is 1. The van der Waals surface area contributed by atoms with E-state index in [0.29, 0.717) is 37.7 Å². The topological polar surface area (TPSA) is 142 Å². The minimum absolute atomic E-state index is 0.133. The quantitative estimate of drug-likeness (QED) is 0.287. The standard InChI is InChI=1S/C30H43N7O5S/c1-29(2,3)41-27(39)36(18-23-32-21-12-7-8-13-22(21)33-23)16-14-25-34-24(19-43-25)35-26(38)31-17-20-11-9-10-15-37(20)28(40)42-30(4,5)6/h7-8,12-13,19-20H,9-11,14-18H2,1-6H3,(H,32,33)(H2,31,35,38). The molecule has 43 heavy (non-hydrogen) atoms. The van der Waals surface area contributed by atoms with Crippen molar-refractivity contribution in [3.05, 3.63) is 40.5 Å². The molecule has 1 atom stereocenters. The Labute approximate surface area is 256 Å². The highest BCUT2D eigenvalue weighted by molar-refractivity contribution is 7.10. The van der Waals surface area contributed by atoms with Crippen LogP contribution in [0.2, 0.25) is 0 Å². The molecular formula is C30H43N7O5S. The predicted octanol–water partition coefficient (Wildman–Crippen LogP) is 5.91. The van der Waals surface area contributed by atoms with Crippen molar-refractivity contribution in [1.29, 1.82) is 0 Å². The lowest BCUT2D eigenvalue weighted by Crippen LogP contribution is -2.51. The number of ether oxygens (including phenoxy) is 2. The molecule has 0 radical (unpaired) electrons. The molecular weight excluding hydrogens is 570 g/mol. The molecule has 3 N–H and O–H groups in total. The highest BCUT2D eigenvalue weighted by atomic mass is 32.1. The highest BCUT2D eigenvalue weighted by Gasteiger charge is 2.31. The van der Waals surface area contributed by atoms with Gasteiger partial charge >= 0.3 is 18.2 Å². The van der Waals surface area contributed by atoms with Gasteiger partial charge in [-0.05, 0) is 72.9 Å². The second kappa shape index (κ2) is 13.6. The number of aromatic nitrogens is 3. The van der Waals surface area contributed by atoms with Crippen molar-refractivity contribution in [2.45, 2.75) is 91.0 Å². The van der Waals surface area contributed by atoms with Crippen LogP contribution in [-0.2, 0) is 22.4 Å². The Morgan fingerprint density at radius 3 is 2.53 bits per heavy atom. The summed E-state index contributed by atoms with van der Waals surface area (Å²) >= 11 is 1.40. The molecule has 3 heterocycles. The number of hydrogen-bond acceptors (Lipinski definition) is 8. The summed E-state index contributed by atoms with van der Waals surface area (Å²) in [5.74, 6) is 1.08. The van der Waals surface area contributed by atoms with E-state index in [4.69, 9.17) is 9.47 Å². The number of rotatable bonds is 8. The Hall–Kier alpha value is -3.87. The van der Waals surface area contributed by atoms with Crippen LogP contribution >= 0.6 is 11.3 Å². The molecule has 3 aromatic rings. The molecule has 2 aromatic heterocycles. The second-order valence-electron chi connectivity index (χ2n) is 12.6. The number of piperidine rings is 1. The Kier molecular flexibility index (Phi) is 10.2. The number of anilines is 1. The number of carbonyl (C=O) groups excluding carboxylic acids is 3. The van der Waals surface area contributed by atoms with Gasteiger partial charge in [0, 0.05) is 31.4 Å². The van der Waals surface area contributed by atoms with E-state index in [1.807, 2.05) is 65.8 Å². The zero-order valence-electron chi connectivity index (χ0n) is 25.9. The van der Waals surface area contributed by atoms with Crippen molar-refractivity contribution in [3.63, 3.8) is 0 Å². The Morgan fingerprint density at radius 2 is 1.81 bits per heavy atom. The molecule has 1 unspecified atom stereocenters. The number of thiazole rings is 1. The Morgan fingerprint density at radius 1 is 1.07 bits per heavy atom. The van der Waals surface area contributed by atoms with Crippen LogP contribution in [0.1, 0.15) is 71.6 Å². The molecule has 1 aliphatic heterocycles. The summed E-state index contributed by atoms with van der Waals surface area (Å²) < 4.78 is 11.2. The molecule has 4 amide bonds. The van der Waals surface area contributed by atoms with Gasteiger partial charge in [0.1, 0.15) is 22.8 Å². The van der Waals surface area contributed by atoms with Crippen LogP contribution in [-0.4, -0.2) is 79.8 Å². The van der Waals surface area contributed by atoms with Crippen LogP contribution in [0.5, 0.6) is 0 Å². The Balaban J connectivity index is 1.31. The fourth-order valence-electron chi connectivity index (χ4n) is 4.68. The largest absolute Gasteiger partial charge is 0.444 e. The van der Waals surface area contributed by atoms with Crippen molar-refractivity contribution in [2.24, 2.45) is 0 Å². The van der Waals surface area contributed by atoms with Crippen LogP contribution < -0.4 is 10.6 Å². The number of H-pyrrole nitrogens is 1. The summed E-state index contributed by atoms with van der Waals surface area (Å²) in [7, 11) is 0. The SMILES string of the molecule is CC(C)(C)OC(=O)N(CCc1nc(NC(=O)NCC2CCCCN2C(=O)OC(C)(C)C)cs1)Cc1nc2ccccc2[nH]1. The first-order valence-electron chi connectivity index (χ1n) is 14.7. The summed E-state index contributed by atoms with van der Waals surface area (Å²) in [6.45, 7) is 12.5. The van der Waals surface area contributed by atoms with Crippen molar-refractivity contribution in [1.82, 2.24) is 30.1 Å². The number of aromatic amines is 1. The van der Waals surface area contributed by atoms with E-state index in [2.05, 4.69) is 25.6 Å². The number of nitrogens with zero attached hydrogens (tertiary/aromatic N) is 4. The molecule has 0 aliphatic carbocycles. The average molecular weight is 614 g/mol. The minimum Gasteiger partial charge on any atom is -0.444 e. The number of nitrogens with one attached hydrogen (secondary N) is 3. The van der Waals surface area contributed by atoms with Gasteiger partial charge < -0.3 is 29.6 Å². The number of fused-ring (bicyclic) bond motifs is 1. The van der Waals surface area contributed by atoms with Crippen LogP contribution in [0.3, 0.4) is 0 Å². The van der Waals surface area contributed by atoms with Crippen molar-refractivity contribution in [2.75, 3.05) is 25.0 Å². The second-order valence-corrected chi connectivity index (χ2v) is 13.6. The lowest BCUT2D eigenvalue weighted by atomic mass is 10.0. The smallest absolute Gasteiger partial charge is 0.410 e. The molecule has 1 aliphatic rings. The molecule has 234 valence electrons. The minimum atomic E-state index is -0.642. The maximum atomic E-state index is 13.0. The van der Waals surface area contributed by atoms with Gasteiger partial charge in [-0.1, -0.05) is 12.1 Å². The van der Waals surface area contributed by atoms with Crippen molar-refractivity contribution in [3.8, 4) is 0 Å². The molecule has 1 fully saturated rings. The third-order valence-corrected chi connectivity index (χ3v) is 7.48. The molecule has 1 saturated heterocycles. The number of amides is 4. The van der Waals surface area contributed by atoms with Gasteiger partial charge in [0.05, 0.1) is 28.6 Å². The zero-order chi connectivity index (χ0) is 31.2. The zero-order valence-corrected chi connectivity index (χ0v) is 26.7. The molecule has 0 spiro atoms. The van der Waals surface area contributed by atoms with Crippen molar-refractivity contribution < 1.29 is 23.9 Å². The first-order chi connectivity index (χ1) is 20.3. The van der Waals surface area contributed by atoms with E-state index in [9.17, 15) is 14.4 Å². The fourth-order valence-corrected chi connectivity index (χ4v) is 5.40. The summed E-state index contributed by atoms with van der Waals surface area (Å²) in [4.78, 5) is 54.1. The van der Waals surface area contributed by atoms with Gasteiger partial charge in [-0.3, -0.25) is 5.32 Å². The third-order valence-electron chi connectivity index (χ3n) is 6.57. The highest BCUT2D eigenvalue weighted by Crippen LogP contribution is 2.21. The summed E-state index contributed by atoms with van der Waals surface area (Å²) in [6.07, 6.45) is 2.37. The van der Waals surface area contributed by atoms with Crippen LogP contribution in [0.25, 0.3) is 11.0 Å². The maximum Gasteiger partial charge on any atom is 0.410 e. The lowest BCUT2D eigenvalue weighted by molar-refractivity contribution is 0.0102. The van der Waals surface area contributed by atoms with Crippen molar-refractivity contribution >= 4 is 46.4 Å². The van der Waals surface area contributed by atoms with Crippen LogP contribution in [0.15, 0.2) is 29.6 Å². The molecule has 13 heteroatoms. The molecule has 0 saturated carbocycles. The van der Waals surface area contributed by atoms with Gasteiger partial charge in [-0.15, -0.1) is 11.3 Å². The number of urea groups is 1. The molecule has 1 aromatic carbocycles. The van der Waals surface area contributed by atoms with Gasteiger partial charge in [0.15, 0.2) is 0 Å². The van der Waals surface area contributed by atoms with Crippen LogP contribution in [0, 0.1) is 0 Å². The first-order valence-corrected chi connectivity index (χ1v) is 15.5. The first kappa shape index (κ1) is 32.1. The summed E-state index contributed by atoms with van der Waals surface area (Å²) in [6, 6.07) is 7.17. The molecule has 4 rings (SSSR count). The van der Waals surface area contributed by atoms with Gasteiger partial charge in [0.2, 0.25) is 0 Å². The normalized spacial score (nSPS) is 15.7. The van der Waals surface area contributed by atoms with E-state index in [1.54, 1.807) is 15.2 Å². The predicted molar refractivity (Wildman–Crippen MR) is 166 cm³/mol. The van der Waals surface area contributed by atoms with E-state index < -0.39 is 23.3 Å². The summed E-state index contributed by atoms with van der Waals surface area (Å²) in [5.41, 5.74) is 0.508. The van der Waals surface area contributed by atoms with E-state index in [0.717, 1.165) is 35.3 Å². The van der Waals surface area contributed by atoms with E-state index in [-0.39, 0.29) is 18.7 Å². The monoisotopic (exact) mass is 613 g/mol. The third kappa shape index (κ3) is 9.84. The number of hydrogen-bond donors (Lipinski definition) is 3. The van der Waals surface area contributed by atoms with Gasteiger partial charge in [-0.2, -0.15) is 0 Å². The number of imidazole rings is 1. The van der Waals surface area contributed by atoms with E-state index >= 15 is 0 Å². The van der Waals surface area contributed by atoms with Crippen LogP contribution in [0.4, 0.5) is 20.2 Å². The fraction of sp³-hybridized carbons (Fsp3) is 0.567. The van der Waals surface area contributed by atoms with Gasteiger partial charge in [-0.25, -0.2) is 24.4 Å². The van der Waals surface area contributed by atoms with E-state index in [1.165, 1.54) is 11.3 Å². The lowest BCUT2D eigenvalue weighted by Gasteiger charge is -2.36. The average Bonchev–Trinajstić information content (AvgIpc) is 3.54.